The Labute approximate surface area is 196 Å². The first-order valence-corrected chi connectivity index (χ1v) is 11.2. The van der Waals surface area contributed by atoms with Crippen LogP contribution in [0.25, 0.3) is 22.3 Å². The number of anilines is 2. The third-order valence-corrected chi connectivity index (χ3v) is 6.11. The van der Waals surface area contributed by atoms with Crippen molar-refractivity contribution in [2.24, 2.45) is 0 Å². The summed E-state index contributed by atoms with van der Waals surface area (Å²) in [5, 5.41) is 9.59. The standard InChI is InChI=1S/C24H26FN9/c1-4-5-21-28-23-18-15-27-33(22(18)29-24(26)34(23)30-21)13-10-31-8-11-32(12-9-31)20-14-17(16(2)3)6-7-19(20)25/h6-7,14-15H,2,8-13H2,1,3H3,(H2,26,29). The number of hydrogen-bond acceptors (Lipinski definition) is 7. The van der Waals surface area contributed by atoms with Crippen LogP contribution in [0.3, 0.4) is 0 Å². The predicted octanol–water partition coefficient (Wildman–Crippen LogP) is 2.42. The number of allylic oxidation sites excluding steroid dienone is 1. The minimum absolute atomic E-state index is 0.196. The van der Waals surface area contributed by atoms with E-state index in [0.717, 1.165) is 49.2 Å². The SMILES string of the molecule is C=C(C)c1ccc(F)c(N2CCN(CCn3ncc4c3nc(N)n3nc(C#CC)nc43)CC2)c1. The van der Waals surface area contributed by atoms with Crippen molar-refractivity contribution in [1.29, 1.82) is 0 Å². The summed E-state index contributed by atoms with van der Waals surface area (Å²) in [6.07, 6.45) is 1.74. The van der Waals surface area contributed by atoms with Gasteiger partial charge in [0.25, 0.3) is 0 Å². The summed E-state index contributed by atoms with van der Waals surface area (Å²) in [7, 11) is 0. The Bertz CT molecular complexity index is 1450. The average molecular weight is 460 g/mol. The van der Waals surface area contributed by atoms with E-state index < -0.39 is 0 Å². The van der Waals surface area contributed by atoms with Gasteiger partial charge in [-0.3, -0.25) is 4.90 Å². The molecule has 174 valence electrons. The molecule has 0 spiro atoms. The van der Waals surface area contributed by atoms with Crippen LogP contribution in [-0.4, -0.2) is 67.0 Å². The van der Waals surface area contributed by atoms with Crippen molar-refractivity contribution in [2.45, 2.75) is 20.4 Å². The molecule has 10 heteroatoms. The zero-order valence-electron chi connectivity index (χ0n) is 19.3. The molecule has 1 saturated heterocycles. The zero-order chi connectivity index (χ0) is 23.8. The fourth-order valence-electron chi connectivity index (χ4n) is 4.25. The molecular formula is C24H26FN9. The first-order chi connectivity index (χ1) is 16.4. The van der Waals surface area contributed by atoms with Crippen LogP contribution in [0.15, 0.2) is 31.0 Å². The molecule has 3 aromatic heterocycles. The van der Waals surface area contributed by atoms with E-state index >= 15 is 0 Å². The monoisotopic (exact) mass is 459 g/mol. The highest BCUT2D eigenvalue weighted by atomic mass is 19.1. The Kier molecular flexibility index (Phi) is 5.63. The number of rotatable bonds is 5. The molecule has 2 N–H and O–H groups in total. The van der Waals surface area contributed by atoms with E-state index in [1.165, 1.54) is 10.6 Å². The lowest BCUT2D eigenvalue weighted by Gasteiger charge is -2.36. The van der Waals surface area contributed by atoms with E-state index in [-0.39, 0.29) is 11.8 Å². The number of benzene rings is 1. The molecule has 0 saturated carbocycles. The van der Waals surface area contributed by atoms with Crippen LogP contribution in [-0.2, 0) is 6.54 Å². The molecule has 4 aromatic rings. The van der Waals surface area contributed by atoms with Crippen LogP contribution in [0, 0.1) is 17.7 Å². The fourth-order valence-corrected chi connectivity index (χ4v) is 4.25. The van der Waals surface area contributed by atoms with E-state index in [2.05, 4.69) is 48.4 Å². The smallest absolute Gasteiger partial charge is 0.226 e. The van der Waals surface area contributed by atoms with Crippen molar-refractivity contribution < 1.29 is 4.39 Å². The molecule has 4 heterocycles. The van der Waals surface area contributed by atoms with Crippen LogP contribution >= 0.6 is 0 Å². The largest absolute Gasteiger partial charge is 0.368 e. The summed E-state index contributed by atoms with van der Waals surface area (Å²) < 4.78 is 17.8. The Morgan fingerprint density at radius 2 is 1.94 bits per heavy atom. The second kappa shape index (κ2) is 8.76. The molecule has 0 radical (unpaired) electrons. The number of nitrogens with zero attached hydrogens (tertiary/aromatic N) is 8. The van der Waals surface area contributed by atoms with Gasteiger partial charge in [-0.1, -0.05) is 24.1 Å². The van der Waals surface area contributed by atoms with Gasteiger partial charge in [-0.2, -0.15) is 19.6 Å². The number of halogens is 1. The maximum atomic E-state index is 14.5. The molecule has 1 aliphatic heterocycles. The molecule has 34 heavy (non-hydrogen) atoms. The van der Waals surface area contributed by atoms with Crippen molar-refractivity contribution in [3.8, 4) is 11.8 Å². The highest BCUT2D eigenvalue weighted by Crippen LogP contribution is 2.25. The van der Waals surface area contributed by atoms with Crippen molar-refractivity contribution >= 4 is 33.9 Å². The van der Waals surface area contributed by atoms with Gasteiger partial charge in [-0.15, -0.1) is 5.10 Å². The van der Waals surface area contributed by atoms with Gasteiger partial charge in [0.2, 0.25) is 11.8 Å². The van der Waals surface area contributed by atoms with Crippen LogP contribution in [0.1, 0.15) is 25.2 Å². The molecule has 0 aliphatic carbocycles. The molecule has 9 nitrogen and oxygen atoms in total. The summed E-state index contributed by atoms with van der Waals surface area (Å²) in [5.74, 6) is 6.09. The summed E-state index contributed by atoms with van der Waals surface area (Å²) in [6.45, 7) is 12.3. The van der Waals surface area contributed by atoms with Gasteiger partial charge in [-0.05, 0) is 37.5 Å². The molecular weight excluding hydrogens is 433 g/mol. The normalized spacial score (nSPS) is 14.5. The first-order valence-electron chi connectivity index (χ1n) is 11.2. The topological polar surface area (TPSA) is 93.4 Å². The van der Waals surface area contributed by atoms with Crippen molar-refractivity contribution in [2.75, 3.05) is 43.4 Å². The van der Waals surface area contributed by atoms with Gasteiger partial charge in [0.05, 0.1) is 23.8 Å². The van der Waals surface area contributed by atoms with E-state index in [0.29, 0.717) is 29.4 Å². The van der Waals surface area contributed by atoms with E-state index in [1.807, 2.05) is 17.7 Å². The maximum absolute atomic E-state index is 14.5. The van der Waals surface area contributed by atoms with Crippen LogP contribution in [0.5, 0.6) is 0 Å². The highest BCUT2D eigenvalue weighted by Gasteiger charge is 2.21. The van der Waals surface area contributed by atoms with Crippen molar-refractivity contribution in [3.05, 3.63) is 48.2 Å². The van der Waals surface area contributed by atoms with Crippen molar-refractivity contribution in [3.63, 3.8) is 0 Å². The summed E-state index contributed by atoms with van der Waals surface area (Å²) in [4.78, 5) is 13.4. The molecule has 1 aromatic carbocycles. The van der Waals surface area contributed by atoms with Gasteiger partial charge in [0, 0.05) is 32.7 Å². The van der Waals surface area contributed by atoms with Crippen LogP contribution in [0.2, 0.25) is 0 Å². The minimum atomic E-state index is -0.196. The fraction of sp³-hybridized carbons (Fsp3) is 0.333. The molecule has 0 amide bonds. The Morgan fingerprint density at radius 1 is 1.15 bits per heavy atom. The second-order valence-electron chi connectivity index (χ2n) is 8.40. The Balaban J connectivity index is 1.27. The van der Waals surface area contributed by atoms with E-state index in [1.54, 1.807) is 19.2 Å². The third-order valence-electron chi connectivity index (χ3n) is 6.11. The van der Waals surface area contributed by atoms with Crippen LogP contribution < -0.4 is 10.6 Å². The van der Waals surface area contributed by atoms with Gasteiger partial charge in [0.15, 0.2) is 11.3 Å². The molecule has 0 atom stereocenters. The van der Waals surface area contributed by atoms with Gasteiger partial charge in [0.1, 0.15) is 5.82 Å². The number of nitrogens with two attached hydrogens (primary N) is 1. The lowest BCUT2D eigenvalue weighted by molar-refractivity contribution is 0.245. The number of nitrogen functional groups attached to an aromatic ring is 1. The molecule has 5 rings (SSSR count). The van der Waals surface area contributed by atoms with Gasteiger partial charge >= 0.3 is 0 Å². The minimum Gasteiger partial charge on any atom is -0.368 e. The summed E-state index contributed by atoms with van der Waals surface area (Å²) in [6, 6.07) is 5.19. The van der Waals surface area contributed by atoms with E-state index in [9.17, 15) is 4.39 Å². The molecule has 1 fully saturated rings. The lowest BCUT2D eigenvalue weighted by atomic mass is 10.1. The first kappa shape index (κ1) is 21.9. The molecule has 0 bridgehead atoms. The number of fused-ring (bicyclic) bond motifs is 3. The molecule has 1 aliphatic rings. The maximum Gasteiger partial charge on any atom is 0.226 e. The number of aromatic nitrogens is 6. The molecule has 0 unspecified atom stereocenters. The highest BCUT2D eigenvalue weighted by molar-refractivity contribution is 5.89. The summed E-state index contributed by atoms with van der Waals surface area (Å²) in [5.41, 5.74) is 9.92. The summed E-state index contributed by atoms with van der Waals surface area (Å²) >= 11 is 0. The van der Waals surface area contributed by atoms with E-state index in [4.69, 9.17) is 5.73 Å². The average Bonchev–Trinajstić information content (AvgIpc) is 3.43. The number of piperazine rings is 1. The van der Waals surface area contributed by atoms with Gasteiger partial charge < -0.3 is 10.6 Å². The van der Waals surface area contributed by atoms with Crippen LogP contribution in [0.4, 0.5) is 16.0 Å². The third kappa shape index (κ3) is 3.95. The lowest BCUT2D eigenvalue weighted by Crippen LogP contribution is -2.47. The van der Waals surface area contributed by atoms with Gasteiger partial charge in [-0.25, -0.2) is 9.07 Å². The zero-order valence-corrected chi connectivity index (χ0v) is 19.3. The Morgan fingerprint density at radius 3 is 2.68 bits per heavy atom. The Hall–Kier alpha value is -3.97. The van der Waals surface area contributed by atoms with Crippen molar-refractivity contribution in [1.82, 2.24) is 34.3 Å². The number of hydrogen-bond donors (Lipinski definition) is 1. The predicted molar refractivity (Wildman–Crippen MR) is 131 cm³/mol. The quantitative estimate of drug-likeness (QED) is 0.458. The second-order valence-corrected chi connectivity index (χ2v) is 8.40.